The molecule has 1 saturated heterocycles. The molecule has 0 bridgehead atoms. The van der Waals surface area contributed by atoms with Crippen LogP contribution in [0.15, 0.2) is 24.3 Å². The van der Waals surface area contributed by atoms with Crippen molar-refractivity contribution in [3.8, 4) is 0 Å². The highest BCUT2D eigenvalue weighted by molar-refractivity contribution is 6.33. The lowest BCUT2D eigenvalue weighted by Crippen LogP contribution is -2.37. The molecular formula is C17H22ClN3O2. The Morgan fingerprint density at radius 2 is 1.87 bits per heavy atom. The predicted octanol–water partition coefficient (Wildman–Crippen LogP) is 1.58. The molecule has 2 amide bonds. The number of carbonyl (C=O) groups excluding carboxylic acids is 2. The van der Waals surface area contributed by atoms with E-state index < -0.39 is 0 Å². The normalized spacial score (nSPS) is 21.7. The lowest BCUT2D eigenvalue weighted by atomic mass is 9.92. The zero-order valence-electron chi connectivity index (χ0n) is 13.0. The second-order valence-electron chi connectivity index (χ2n) is 6.40. The van der Waals surface area contributed by atoms with Crippen molar-refractivity contribution < 1.29 is 9.59 Å². The fraction of sp³-hybridized carbons (Fsp3) is 0.529. The van der Waals surface area contributed by atoms with E-state index in [1.807, 2.05) is 0 Å². The molecule has 2 fully saturated rings. The van der Waals surface area contributed by atoms with E-state index in [9.17, 15) is 9.59 Å². The molecular weight excluding hydrogens is 314 g/mol. The lowest BCUT2D eigenvalue weighted by Gasteiger charge is -2.23. The van der Waals surface area contributed by atoms with Gasteiger partial charge in [-0.05, 0) is 49.9 Å². The molecule has 0 unspecified atom stereocenters. The van der Waals surface area contributed by atoms with Crippen molar-refractivity contribution in [3.05, 3.63) is 34.9 Å². The molecule has 1 aliphatic carbocycles. The first-order chi connectivity index (χ1) is 11.1. The molecule has 1 atom stereocenters. The fourth-order valence-corrected chi connectivity index (χ4v) is 3.64. The smallest absolute Gasteiger partial charge is 0.252 e. The van der Waals surface area contributed by atoms with Gasteiger partial charge in [0, 0.05) is 19.0 Å². The Morgan fingerprint density at radius 3 is 2.61 bits per heavy atom. The molecule has 1 aromatic rings. The Labute approximate surface area is 141 Å². The summed E-state index contributed by atoms with van der Waals surface area (Å²) >= 11 is 5.98. The zero-order chi connectivity index (χ0) is 16.3. The zero-order valence-corrected chi connectivity index (χ0v) is 13.8. The summed E-state index contributed by atoms with van der Waals surface area (Å²) in [6.45, 7) is 2.87. The van der Waals surface area contributed by atoms with Crippen LogP contribution in [0.3, 0.4) is 0 Å². The molecule has 1 saturated carbocycles. The maximum absolute atomic E-state index is 12.2. The van der Waals surface area contributed by atoms with E-state index in [1.54, 1.807) is 24.3 Å². The molecule has 124 valence electrons. The second-order valence-corrected chi connectivity index (χ2v) is 6.80. The van der Waals surface area contributed by atoms with Crippen LogP contribution in [0.4, 0.5) is 0 Å². The number of benzene rings is 1. The minimum atomic E-state index is -0.217. The molecule has 5 nitrogen and oxygen atoms in total. The van der Waals surface area contributed by atoms with Gasteiger partial charge in [-0.1, -0.05) is 23.7 Å². The third kappa shape index (κ3) is 3.67. The van der Waals surface area contributed by atoms with Crippen molar-refractivity contribution in [3.63, 3.8) is 0 Å². The molecule has 2 aliphatic rings. The van der Waals surface area contributed by atoms with Crippen LogP contribution in [0.5, 0.6) is 0 Å². The maximum Gasteiger partial charge on any atom is 0.252 e. The summed E-state index contributed by atoms with van der Waals surface area (Å²) in [6.07, 6.45) is 3.19. The van der Waals surface area contributed by atoms with E-state index in [0.717, 1.165) is 32.4 Å². The first-order valence-corrected chi connectivity index (χ1v) is 8.51. The minimum Gasteiger partial charge on any atom is -0.354 e. The van der Waals surface area contributed by atoms with Crippen molar-refractivity contribution in [1.82, 2.24) is 16.0 Å². The van der Waals surface area contributed by atoms with Crippen LogP contribution in [-0.2, 0) is 4.79 Å². The van der Waals surface area contributed by atoms with E-state index in [-0.39, 0.29) is 23.1 Å². The molecule has 1 heterocycles. The third-order valence-electron chi connectivity index (χ3n) is 4.93. The standard InChI is InChI=1S/C17H22ClN3O2/c18-14-4-2-1-3-12(14)15(22)20-9-10-21-16(23)13-11-17(13)5-7-19-8-6-17/h1-4,13,19H,5-11H2,(H,20,22)(H,21,23)/t13-/m0/s1. The van der Waals surface area contributed by atoms with Gasteiger partial charge in [-0.2, -0.15) is 0 Å². The van der Waals surface area contributed by atoms with E-state index >= 15 is 0 Å². The van der Waals surface area contributed by atoms with E-state index in [0.29, 0.717) is 23.7 Å². The van der Waals surface area contributed by atoms with Crippen LogP contribution in [0.1, 0.15) is 29.6 Å². The van der Waals surface area contributed by atoms with Gasteiger partial charge >= 0.3 is 0 Å². The van der Waals surface area contributed by atoms with Gasteiger partial charge in [0.25, 0.3) is 5.91 Å². The van der Waals surface area contributed by atoms with Crippen molar-refractivity contribution in [2.24, 2.45) is 11.3 Å². The van der Waals surface area contributed by atoms with Crippen molar-refractivity contribution in [1.29, 1.82) is 0 Å². The second kappa shape index (κ2) is 6.89. The number of carbonyl (C=O) groups is 2. The minimum absolute atomic E-state index is 0.124. The summed E-state index contributed by atoms with van der Waals surface area (Å²) in [4.78, 5) is 24.2. The van der Waals surface area contributed by atoms with Crippen LogP contribution in [-0.4, -0.2) is 38.0 Å². The van der Waals surface area contributed by atoms with Crippen molar-refractivity contribution >= 4 is 23.4 Å². The molecule has 23 heavy (non-hydrogen) atoms. The van der Waals surface area contributed by atoms with Gasteiger partial charge in [0.15, 0.2) is 0 Å². The number of hydrogen-bond acceptors (Lipinski definition) is 3. The van der Waals surface area contributed by atoms with E-state index in [4.69, 9.17) is 11.6 Å². The number of rotatable bonds is 5. The van der Waals surface area contributed by atoms with Crippen LogP contribution >= 0.6 is 11.6 Å². The van der Waals surface area contributed by atoms with E-state index in [1.165, 1.54) is 0 Å². The first kappa shape index (κ1) is 16.3. The summed E-state index contributed by atoms with van der Waals surface area (Å²) < 4.78 is 0. The Morgan fingerprint density at radius 1 is 1.17 bits per heavy atom. The summed E-state index contributed by atoms with van der Waals surface area (Å²) in [5, 5.41) is 9.47. The highest BCUT2D eigenvalue weighted by atomic mass is 35.5. The average molecular weight is 336 g/mol. The number of hydrogen-bond donors (Lipinski definition) is 3. The molecule has 0 radical (unpaired) electrons. The molecule has 1 spiro atoms. The SMILES string of the molecule is O=C(NCCNC(=O)[C@@H]1CC12CCNCC2)c1ccccc1Cl. The number of halogens is 1. The summed E-state index contributed by atoms with van der Waals surface area (Å²) in [5.74, 6) is 0.0638. The first-order valence-electron chi connectivity index (χ1n) is 8.14. The highest BCUT2D eigenvalue weighted by Crippen LogP contribution is 2.58. The average Bonchev–Trinajstić information content (AvgIpc) is 3.25. The summed E-state index contributed by atoms with van der Waals surface area (Å²) in [6, 6.07) is 6.92. The monoisotopic (exact) mass is 335 g/mol. The third-order valence-corrected chi connectivity index (χ3v) is 5.26. The van der Waals surface area contributed by atoms with Crippen molar-refractivity contribution in [2.45, 2.75) is 19.3 Å². The van der Waals surface area contributed by atoms with Gasteiger partial charge in [0.2, 0.25) is 5.91 Å². The van der Waals surface area contributed by atoms with Crippen LogP contribution in [0.25, 0.3) is 0 Å². The molecule has 1 aromatic carbocycles. The summed E-state index contributed by atoms with van der Waals surface area (Å²) in [5.41, 5.74) is 0.701. The fourth-order valence-electron chi connectivity index (χ4n) is 3.42. The largest absolute Gasteiger partial charge is 0.354 e. The van der Waals surface area contributed by atoms with Gasteiger partial charge < -0.3 is 16.0 Å². The van der Waals surface area contributed by atoms with Crippen LogP contribution < -0.4 is 16.0 Å². The number of nitrogens with one attached hydrogen (secondary N) is 3. The lowest BCUT2D eigenvalue weighted by molar-refractivity contribution is -0.123. The van der Waals surface area contributed by atoms with Gasteiger partial charge in [0.05, 0.1) is 10.6 Å². The Hall–Kier alpha value is -1.59. The van der Waals surface area contributed by atoms with Gasteiger partial charge in [-0.3, -0.25) is 9.59 Å². The van der Waals surface area contributed by atoms with Crippen molar-refractivity contribution in [2.75, 3.05) is 26.2 Å². The van der Waals surface area contributed by atoms with Crippen LogP contribution in [0, 0.1) is 11.3 Å². The Kier molecular flexibility index (Phi) is 4.87. The molecule has 6 heteroatoms. The number of amides is 2. The van der Waals surface area contributed by atoms with E-state index in [2.05, 4.69) is 16.0 Å². The molecule has 3 rings (SSSR count). The quantitative estimate of drug-likeness (QED) is 0.715. The highest BCUT2D eigenvalue weighted by Gasteiger charge is 2.57. The molecule has 0 aromatic heterocycles. The Balaban J connectivity index is 1.38. The maximum atomic E-state index is 12.2. The van der Waals surface area contributed by atoms with Gasteiger partial charge in [-0.15, -0.1) is 0 Å². The van der Waals surface area contributed by atoms with Gasteiger partial charge in [0.1, 0.15) is 0 Å². The topological polar surface area (TPSA) is 70.2 Å². The Bertz CT molecular complexity index is 599. The van der Waals surface area contributed by atoms with Crippen LogP contribution in [0.2, 0.25) is 5.02 Å². The molecule has 1 aliphatic heterocycles. The summed E-state index contributed by atoms with van der Waals surface area (Å²) in [7, 11) is 0. The number of piperidine rings is 1. The molecule has 3 N–H and O–H groups in total. The van der Waals surface area contributed by atoms with Gasteiger partial charge in [-0.25, -0.2) is 0 Å². The predicted molar refractivity (Wildman–Crippen MR) is 89.4 cm³/mol.